The molecule has 0 saturated carbocycles. The Bertz CT molecular complexity index is 576. The Morgan fingerprint density at radius 2 is 2.15 bits per heavy atom. The number of fused-ring (bicyclic) bond motifs is 1. The lowest BCUT2D eigenvalue weighted by Crippen LogP contribution is -2.56. The smallest absolute Gasteiger partial charge is 0.246 e. The minimum atomic E-state index is -0.273. The number of carbonyl (C=O) groups excluding carboxylic acids is 2. The molecule has 2 fully saturated rings. The lowest BCUT2D eigenvalue weighted by Gasteiger charge is -2.36. The monoisotopic (exact) mass is 293 g/mol. The molecule has 106 valence electrons. The molecule has 20 heavy (non-hydrogen) atoms. The first kappa shape index (κ1) is 13.2. The van der Waals surface area contributed by atoms with Gasteiger partial charge in [0.1, 0.15) is 12.6 Å². The highest BCUT2D eigenvalue weighted by molar-refractivity contribution is 6.30. The van der Waals surface area contributed by atoms with Gasteiger partial charge in [0.25, 0.3) is 0 Å². The lowest BCUT2D eigenvalue weighted by molar-refractivity contribution is -0.154. The van der Waals surface area contributed by atoms with E-state index in [9.17, 15) is 9.59 Å². The largest absolute Gasteiger partial charge is 0.398 e. The second kappa shape index (κ2) is 4.98. The Morgan fingerprint density at radius 1 is 1.35 bits per heavy atom. The van der Waals surface area contributed by atoms with Crippen LogP contribution in [-0.4, -0.2) is 40.7 Å². The maximum Gasteiger partial charge on any atom is 0.246 e. The van der Waals surface area contributed by atoms with Crippen LogP contribution in [0.25, 0.3) is 0 Å². The molecule has 0 bridgehead atoms. The first-order chi connectivity index (χ1) is 9.56. The predicted octanol–water partition coefficient (Wildman–Crippen LogP) is 1.26. The summed E-state index contributed by atoms with van der Waals surface area (Å²) in [4.78, 5) is 27.7. The summed E-state index contributed by atoms with van der Waals surface area (Å²) in [5.41, 5.74) is 7.28. The second-order valence-corrected chi connectivity index (χ2v) is 5.72. The number of nitrogens with zero attached hydrogens (tertiary/aromatic N) is 2. The van der Waals surface area contributed by atoms with E-state index >= 15 is 0 Å². The van der Waals surface area contributed by atoms with Crippen LogP contribution in [0.1, 0.15) is 18.4 Å². The molecule has 0 radical (unpaired) electrons. The minimum Gasteiger partial charge on any atom is -0.398 e. The van der Waals surface area contributed by atoms with Crippen LogP contribution in [0, 0.1) is 0 Å². The molecular weight excluding hydrogens is 278 g/mol. The third-order valence-electron chi connectivity index (χ3n) is 3.97. The molecule has 1 aromatic carbocycles. The average Bonchev–Trinajstić information content (AvgIpc) is 2.88. The number of piperazine rings is 1. The van der Waals surface area contributed by atoms with Gasteiger partial charge in [0.2, 0.25) is 11.8 Å². The van der Waals surface area contributed by atoms with Crippen LogP contribution in [0.3, 0.4) is 0 Å². The third kappa shape index (κ3) is 2.22. The fraction of sp³-hybridized carbons (Fsp3) is 0.429. The van der Waals surface area contributed by atoms with Crippen LogP contribution in [0.15, 0.2) is 18.2 Å². The van der Waals surface area contributed by atoms with Gasteiger partial charge in [-0.3, -0.25) is 9.59 Å². The van der Waals surface area contributed by atoms with Crippen LogP contribution >= 0.6 is 11.6 Å². The number of amides is 2. The maximum absolute atomic E-state index is 12.4. The van der Waals surface area contributed by atoms with Crippen molar-refractivity contribution < 1.29 is 9.59 Å². The summed E-state index contributed by atoms with van der Waals surface area (Å²) in [5, 5.41) is 0.564. The zero-order valence-electron chi connectivity index (χ0n) is 11.0. The van der Waals surface area contributed by atoms with Crippen LogP contribution in [0.2, 0.25) is 5.02 Å². The number of anilines is 1. The Kier molecular flexibility index (Phi) is 3.30. The summed E-state index contributed by atoms with van der Waals surface area (Å²) in [6.07, 6.45) is 1.66. The van der Waals surface area contributed by atoms with Crippen molar-refractivity contribution in [1.82, 2.24) is 9.80 Å². The van der Waals surface area contributed by atoms with Crippen LogP contribution in [-0.2, 0) is 16.1 Å². The number of halogens is 1. The molecule has 2 aliphatic heterocycles. The van der Waals surface area contributed by atoms with E-state index in [4.69, 9.17) is 17.3 Å². The fourth-order valence-corrected chi connectivity index (χ4v) is 3.09. The second-order valence-electron chi connectivity index (χ2n) is 5.28. The van der Waals surface area contributed by atoms with E-state index in [2.05, 4.69) is 0 Å². The van der Waals surface area contributed by atoms with E-state index in [-0.39, 0.29) is 24.4 Å². The zero-order chi connectivity index (χ0) is 14.3. The first-order valence-electron chi connectivity index (χ1n) is 6.68. The fourth-order valence-electron chi connectivity index (χ4n) is 2.91. The Labute approximate surface area is 122 Å². The van der Waals surface area contributed by atoms with Crippen molar-refractivity contribution in [2.24, 2.45) is 0 Å². The van der Waals surface area contributed by atoms with E-state index in [1.807, 2.05) is 0 Å². The summed E-state index contributed by atoms with van der Waals surface area (Å²) >= 11 is 5.86. The van der Waals surface area contributed by atoms with Gasteiger partial charge < -0.3 is 15.5 Å². The third-order valence-corrected chi connectivity index (χ3v) is 4.20. The van der Waals surface area contributed by atoms with Gasteiger partial charge in [-0.05, 0) is 30.5 Å². The average molecular weight is 294 g/mol. The van der Waals surface area contributed by atoms with Crippen LogP contribution < -0.4 is 5.73 Å². The molecular formula is C14H16ClN3O2. The van der Waals surface area contributed by atoms with Gasteiger partial charge >= 0.3 is 0 Å². The van der Waals surface area contributed by atoms with Crippen molar-refractivity contribution in [1.29, 1.82) is 0 Å². The van der Waals surface area contributed by atoms with Gasteiger partial charge in [0.15, 0.2) is 0 Å². The van der Waals surface area contributed by atoms with Gasteiger partial charge in [-0.1, -0.05) is 17.7 Å². The summed E-state index contributed by atoms with van der Waals surface area (Å²) in [7, 11) is 0. The van der Waals surface area contributed by atoms with E-state index < -0.39 is 0 Å². The molecule has 0 spiro atoms. The van der Waals surface area contributed by atoms with Crippen molar-refractivity contribution in [3.05, 3.63) is 28.8 Å². The predicted molar refractivity (Wildman–Crippen MR) is 76.0 cm³/mol. The quantitative estimate of drug-likeness (QED) is 0.835. The van der Waals surface area contributed by atoms with Crippen molar-refractivity contribution in [3.8, 4) is 0 Å². The number of nitrogens with two attached hydrogens (primary N) is 1. The highest BCUT2D eigenvalue weighted by atomic mass is 35.5. The molecule has 0 aliphatic carbocycles. The molecule has 2 saturated heterocycles. The van der Waals surface area contributed by atoms with Crippen molar-refractivity contribution in [2.75, 3.05) is 18.8 Å². The van der Waals surface area contributed by atoms with E-state index in [1.165, 1.54) is 0 Å². The Morgan fingerprint density at radius 3 is 2.90 bits per heavy atom. The molecule has 1 aromatic rings. The highest BCUT2D eigenvalue weighted by Gasteiger charge is 2.41. The van der Waals surface area contributed by atoms with E-state index in [0.717, 1.165) is 18.4 Å². The van der Waals surface area contributed by atoms with Gasteiger partial charge in [0, 0.05) is 23.8 Å². The molecule has 6 heteroatoms. The van der Waals surface area contributed by atoms with E-state index in [1.54, 1.807) is 28.0 Å². The van der Waals surface area contributed by atoms with Gasteiger partial charge in [-0.2, -0.15) is 0 Å². The number of carbonyl (C=O) groups is 2. The summed E-state index contributed by atoms with van der Waals surface area (Å²) < 4.78 is 0. The molecule has 5 nitrogen and oxygen atoms in total. The Hall–Kier alpha value is -1.75. The standard InChI is InChI=1S/C14H16ClN3O2/c15-10-4-3-9(11(16)6-10)7-17-8-13(19)18-5-1-2-12(18)14(17)20/h3-4,6,12H,1-2,5,7-8,16H2. The minimum absolute atomic E-state index is 0.0245. The molecule has 2 N–H and O–H groups in total. The Balaban J connectivity index is 1.80. The molecule has 3 rings (SSSR count). The lowest BCUT2D eigenvalue weighted by atomic mass is 10.1. The number of hydrogen-bond donors (Lipinski definition) is 1. The summed E-state index contributed by atoms with van der Waals surface area (Å²) in [5.74, 6) is 0.0519. The maximum atomic E-state index is 12.4. The molecule has 2 amide bonds. The van der Waals surface area contributed by atoms with Crippen LogP contribution in [0.4, 0.5) is 5.69 Å². The van der Waals surface area contributed by atoms with Gasteiger partial charge in [0.05, 0.1) is 0 Å². The number of rotatable bonds is 2. The molecule has 1 unspecified atom stereocenters. The molecule has 2 heterocycles. The number of nitrogen functional groups attached to an aromatic ring is 1. The normalized spacial score (nSPS) is 22.4. The number of hydrogen-bond acceptors (Lipinski definition) is 3. The van der Waals surface area contributed by atoms with Crippen molar-refractivity contribution in [2.45, 2.75) is 25.4 Å². The van der Waals surface area contributed by atoms with Crippen molar-refractivity contribution in [3.63, 3.8) is 0 Å². The number of benzene rings is 1. The SMILES string of the molecule is Nc1cc(Cl)ccc1CN1CC(=O)N2CCCC2C1=O. The molecule has 2 aliphatic rings. The summed E-state index contributed by atoms with van der Waals surface area (Å²) in [6, 6.07) is 4.93. The first-order valence-corrected chi connectivity index (χ1v) is 7.06. The summed E-state index contributed by atoms with van der Waals surface area (Å²) in [6.45, 7) is 1.20. The van der Waals surface area contributed by atoms with Gasteiger partial charge in [-0.15, -0.1) is 0 Å². The van der Waals surface area contributed by atoms with Crippen molar-refractivity contribution >= 4 is 29.1 Å². The topological polar surface area (TPSA) is 66.6 Å². The molecule has 1 atom stereocenters. The highest BCUT2D eigenvalue weighted by Crippen LogP contribution is 2.26. The zero-order valence-corrected chi connectivity index (χ0v) is 11.8. The van der Waals surface area contributed by atoms with Crippen LogP contribution in [0.5, 0.6) is 0 Å². The van der Waals surface area contributed by atoms with E-state index in [0.29, 0.717) is 23.8 Å². The molecule has 0 aromatic heterocycles. The van der Waals surface area contributed by atoms with Gasteiger partial charge in [-0.25, -0.2) is 0 Å².